The van der Waals surface area contributed by atoms with Gasteiger partial charge in [0.2, 0.25) is 0 Å². The van der Waals surface area contributed by atoms with Crippen LogP contribution in [0.5, 0.6) is 0 Å². The van der Waals surface area contributed by atoms with Crippen LogP contribution in [0.25, 0.3) is 0 Å². The minimum Gasteiger partial charge on any atom is -0.394 e. The number of hydrogen-bond acceptors (Lipinski definition) is 8. The minimum atomic E-state index is -1.56. The van der Waals surface area contributed by atoms with Gasteiger partial charge in [0, 0.05) is 0 Å². The maximum absolute atomic E-state index is 10.3. The second-order valence-corrected chi connectivity index (χ2v) is 7.08. The van der Waals surface area contributed by atoms with Crippen molar-refractivity contribution in [2.45, 2.75) is 81.6 Å². The van der Waals surface area contributed by atoms with Gasteiger partial charge >= 0.3 is 0 Å². The van der Waals surface area contributed by atoms with Crippen LogP contribution in [0.2, 0.25) is 0 Å². The molecule has 7 atom stereocenters. The molecule has 1 saturated heterocycles. The summed E-state index contributed by atoms with van der Waals surface area (Å²) in [4.78, 5) is 0. The Balaban J connectivity index is 2.83. The zero-order chi connectivity index (χ0) is 18.7. The molecule has 8 nitrogen and oxygen atoms in total. The van der Waals surface area contributed by atoms with E-state index in [0.717, 1.165) is 0 Å². The van der Waals surface area contributed by atoms with Gasteiger partial charge in [-0.2, -0.15) is 0 Å². The van der Waals surface area contributed by atoms with Gasteiger partial charge in [-0.3, -0.25) is 0 Å². The SMILES string of the molecule is C=C[C@@](C)(O)CC[C@@H](O[C@@H]1O[C@H](CO)[C@@H](O)[C@H](O)[C@H]1O)C(C)(C)O. The number of rotatable bonds is 8. The van der Waals surface area contributed by atoms with Crippen LogP contribution < -0.4 is 0 Å². The van der Waals surface area contributed by atoms with E-state index in [-0.39, 0.29) is 12.8 Å². The van der Waals surface area contributed by atoms with Gasteiger partial charge in [-0.25, -0.2) is 0 Å². The topological polar surface area (TPSA) is 140 Å². The molecule has 0 saturated carbocycles. The van der Waals surface area contributed by atoms with Crippen LogP contribution in [0, 0.1) is 0 Å². The molecule has 0 spiro atoms. The Bertz CT molecular complexity index is 403. The van der Waals surface area contributed by atoms with Gasteiger partial charge in [-0.1, -0.05) is 6.08 Å². The average Bonchev–Trinajstić information content (AvgIpc) is 2.50. The summed E-state index contributed by atoms with van der Waals surface area (Å²) in [5, 5.41) is 59.1. The molecule has 0 aromatic rings. The van der Waals surface area contributed by atoms with Gasteiger partial charge in [-0.15, -0.1) is 6.58 Å². The Kier molecular flexibility index (Phi) is 7.33. The molecule has 0 unspecified atom stereocenters. The zero-order valence-corrected chi connectivity index (χ0v) is 14.4. The fourth-order valence-electron chi connectivity index (χ4n) is 2.45. The van der Waals surface area contributed by atoms with E-state index in [9.17, 15) is 30.6 Å². The van der Waals surface area contributed by atoms with Crippen molar-refractivity contribution in [1.29, 1.82) is 0 Å². The molecule has 1 fully saturated rings. The molecule has 24 heavy (non-hydrogen) atoms. The summed E-state index contributed by atoms with van der Waals surface area (Å²) in [6.07, 6.45) is -6.02. The highest BCUT2D eigenvalue weighted by Crippen LogP contribution is 2.28. The second-order valence-electron chi connectivity index (χ2n) is 7.08. The largest absolute Gasteiger partial charge is 0.394 e. The standard InChI is InChI=1S/C16H30O8/c1-5-16(4,22)7-6-10(15(2,3)21)24-14-13(20)12(19)11(18)9(8-17)23-14/h5,9-14,17-22H,1,6-8H2,2-4H3/t9-,10-,11-,12+,13-,14+,16-/m1/s1. The van der Waals surface area contributed by atoms with Crippen molar-refractivity contribution in [2.75, 3.05) is 6.61 Å². The van der Waals surface area contributed by atoms with E-state index in [4.69, 9.17) is 9.47 Å². The molecule has 142 valence electrons. The molecular formula is C16H30O8. The van der Waals surface area contributed by atoms with Crippen molar-refractivity contribution in [1.82, 2.24) is 0 Å². The first-order valence-electron chi connectivity index (χ1n) is 7.97. The minimum absolute atomic E-state index is 0.220. The lowest BCUT2D eigenvalue weighted by atomic mass is 9.91. The first-order valence-corrected chi connectivity index (χ1v) is 7.97. The van der Waals surface area contributed by atoms with E-state index in [1.165, 1.54) is 19.9 Å². The van der Waals surface area contributed by atoms with Crippen LogP contribution in [-0.4, -0.2) is 85.3 Å². The summed E-state index contributed by atoms with van der Waals surface area (Å²) in [5.41, 5.74) is -2.47. The number of ether oxygens (including phenoxy) is 2. The molecule has 0 aromatic carbocycles. The van der Waals surface area contributed by atoms with Crippen LogP contribution in [-0.2, 0) is 9.47 Å². The van der Waals surface area contributed by atoms with Gasteiger partial charge in [0.25, 0.3) is 0 Å². The second kappa shape index (κ2) is 8.20. The Hall–Kier alpha value is -0.580. The lowest BCUT2D eigenvalue weighted by Crippen LogP contribution is -2.60. The molecule has 6 N–H and O–H groups in total. The molecule has 1 rings (SSSR count). The summed E-state index contributed by atoms with van der Waals surface area (Å²) in [5.74, 6) is 0. The van der Waals surface area contributed by atoms with E-state index in [1.807, 2.05) is 0 Å². The highest BCUT2D eigenvalue weighted by Gasteiger charge is 2.46. The van der Waals surface area contributed by atoms with Gasteiger partial charge in [-0.05, 0) is 33.6 Å². The zero-order valence-electron chi connectivity index (χ0n) is 14.4. The lowest BCUT2D eigenvalue weighted by molar-refractivity contribution is -0.322. The van der Waals surface area contributed by atoms with Crippen molar-refractivity contribution in [3.63, 3.8) is 0 Å². The number of aliphatic hydroxyl groups excluding tert-OH is 4. The van der Waals surface area contributed by atoms with Crippen LogP contribution in [0.3, 0.4) is 0 Å². The molecule has 1 heterocycles. The highest BCUT2D eigenvalue weighted by atomic mass is 16.7. The molecule has 8 heteroatoms. The number of hydrogen-bond donors (Lipinski definition) is 6. The Morgan fingerprint density at radius 2 is 1.71 bits per heavy atom. The van der Waals surface area contributed by atoms with Crippen molar-refractivity contribution < 1.29 is 40.1 Å². The average molecular weight is 350 g/mol. The molecule has 0 amide bonds. The van der Waals surface area contributed by atoms with Crippen LogP contribution in [0.1, 0.15) is 33.6 Å². The molecule has 1 aliphatic rings. The first kappa shape index (κ1) is 21.5. The third kappa shape index (κ3) is 5.47. The molecule has 0 aromatic heterocycles. The van der Waals surface area contributed by atoms with Gasteiger partial charge in [0.1, 0.15) is 24.4 Å². The molecule has 0 bridgehead atoms. The fourth-order valence-corrected chi connectivity index (χ4v) is 2.45. The molecular weight excluding hydrogens is 320 g/mol. The third-order valence-corrected chi connectivity index (χ3v) is 4.29. The predicted molar refractivity (Wildman–Crippen MR) is 85.0 cm³/mol. The summed E-state index contributed by atoms with van der Waals surface area (Å²) in [6, 6.07) is 0. The van der Waals surface area contributed by atoms with Crippen LogP contribution in [0.15, 0.2) is 12.7 Å². The normalized spacial score (nSPS) is 35.3. The quantitative estimate of drug-likeness (QED) is 0.296. The van der Waals surface area contributed by atoms with Gasteiger partial charge < -0.3 is 40.1 Å². The van der Waals surface area contributed by atoms with Crippen molar-refractivity contribution in [3.8, 4) is 0 Å². The third-order valence-electron chi connectivity index (χ3n) is 4.29. The lowest BCUT2D eigenvalue weighted by Gasteiger charge is -2.42. The van der Waals surface area contributed by atoms with Crippen LogP contribution in [0.4, 0.5) is 0 Å². The van der Waals surface area contributed by atoms with E-state index >= 15 is 0 Å². The Morgan fingerprint density at radius 1 is 1.12 bits per heavy atom. The smallest absolute Gasteiger partial charge is 0.187 e. The van der Waals surface area contributed by atoms with E-state index in [1.54, 1.807) is 6.92 Å². The van der Waals surface area contributed by atoms with E-state index < -0.39 is 54.6 Å². The van der Waals surface area contributed by atoms with Crippen molar-refractivity contribution in [3.05, 3.63) is 12.7 Å². The maximum Gasteiger partial charge on any atom is 0.187 e. The summed E-state index contributed by atoms with van der Waals surface area (Å²) < 4.78 is 10.9. The van der Waals surface area contributed by atoms with E-state index in [0.29, 0.717) is 0 Å². The predicted octanol–water partition coefficient (Wildman–Crippen LogP) is -1.34. The fraction of sp³-hybridized carbons (Fsp3) is 0.875. The van der Waals surface area contributed by atoms with E-state index in [2.05, 4.69) is 6.58 Å². The summed E-state index contributed by atoms with van der Waals surface area (Å²) >= 11 is 0. The van der Waals surface area contributed by atoms with Gasteiger partial charge in [0.15, 0.2) is 6.29 Å². The highest BCUT2D eigenvalue weighted by molar-refractivity contribution is 4.94. The van der Waals surface area contributed by atoms with Crippen LogP contribution >= 0.6 is 0 Å². The molecule has 1 aliphatic heterocycles. The van der Waals surface area contributed by atoms with Crippen molar-refractivity contribution in [2.24, 2.45) is 0 Å². The van der Waals surface area contributed by atoms with Crippen molar-refractivity contribution >= 4 is 0 Å². The number of aliphatic hydroxyl groups is 6. The summed E-state index contributed by atoms with van der Waals surface area (Å²) in [7, 11) is 0. The monoisotopic (exact) mass is 350 g/mol. The maximum atomic E-state index is 10.3. The summed E-state index contributed by atoms with van der Waals surface area (Å²) in [6.45, 7) is 7.54. The molecule has 0 aliphatic carbocycles. The Morgan fingerprint density at radius 3 is 2.17 bits per heavy atom. The first-order chi connectivity index (χ1) is 10.9. The Labute approximate surface area is 142 Å². The van der Waals surface area contributed by atoms with Gasteiger partial charge in [0.05, 0.1) is 23.9 Å². The molecule has 0 radical (unpaired) electrons.